The van der Waals surface area contributed by atoms with Crippen LogP contribution in [0.4, 0.5) is 0 Å². The fraction of sp³-hybridized carbons (Fsp3) is 0.421. The van der Waals surface area contributed by atoms with Crippen molar-refractivity contribution in [2.45, 2.75) is 37.2 Å². The van der Waals surface area contributed by atoms with Gasteiger partial charge >= 0.3 is 0 Å². The van der Waals surface area contributed by atoms with Crippen LogP contribution in [0.5, 0.6) is 5.75 Å². The maximum Gasteiger partial charge on any atom is 0.241 e. The van der Waals surface area contributed by atoms with Gasteiger partial charge in [0.25, 0.3) is 0 Å². The Morgan fingerprint density at radius 1 is 1.23 bits per heavy atom. The molecule has 1 aromatic carbocycles. The number of benzene rings is 1. The van der Waals surface area contributed by atoms with Gasteiger partial charge in [-0.1, -0.05) is 6.07 Å². The highest BCUT2D eigenvalue weighted by molar-refractivity contribution is 7.89. The Kier molecular flexibility index (Phi) is 5.95. The number of hydrogen-bond acceptors (Lipinski definition) is 8. The van der Waals surface area contributed by atoms with Crippen LogP contribution in [0.3, 0.4) is 0 Å². The van der Waals surface area contributed by atoms with Gasteiger partial charge in [-0.15, -0.1) is 0 Å². The number of ether oxygens (including phenoxy) is 1. The van der Waals surface area contributed by atoms with Crippen molar-refractivity contribution in [3.05, 3.63) is 48.0 Å². The summed E-state index contributed by atoms with van der Waals surface area (Å²) in [7, 11) is -3.73. The minimum Gasteiger partial charge on any atom is -0.493 e. The zero-order valence-electron chi connectivity index (χ0n) is 16.2. The fourth-order valence-electron chi connectivity index (χ4n) is 2.94. The van der Waals surface area contributed by atoms with Crippen LogP contribution in [-0.2, 0) is 27.9 Å². The number of nitrogens with zero attached hydrogens (tertiary/aromatic N) is 3. The summed E-state index contributed by atoms with van der Waals surface area (Å²) < 4.78 is 33.3. The van der Waals surface area contributed by atoms with Crippen molar-refractivity contribution in [3.8, 4) is 5.75 Å². The number of nitrogens with one attached hydrogen (secondary N) is 2. The summed E-state index contributed by atoms with van der Waals surface area (Å²) in [6, 6.07) is 6.41. The second-order valence-electron chi connectivity index (χ2n) is 7.40. The molecule has 1 atom stereocenters. The molecule has 1 saturated heterocycles. The molecule has 1 amide bonds. The van der Waals surface area contributed by atoms with E-state index < -0.39 is 16.4 Å². The number of rotatable bonds is 9. The van der Waals surface area contributed by atoms with Gasteiger partial charge in [0.2, 0.25) is 15.9 Å². The first kappa shape index (κ1) is 20.7. The van der Waals surface area contributed by atoms with Crippen molar-refractivity contribution in [2.75, 3.05) is 13.2 Å². The lowest BCUT2D eigenvalue weighted by Crippen LogP contribution is -2.35. The van der Waals surface area contributed by atoms with Gasteiger partial charge in [0.1, 0.15) is 5.75 Å². The van der Waals surface area contributed by atoms with Crippen LogP contribution < -0.4 is 14.8 Å². The Morgan fingerprint density at radius 3 is 2.67 bits per heavy atom. The van der Waals surface area contributed by atoms with E-state index in [0.717, 1.165) is 12.8 Å². The molecule has 1 unspecified atom stereocenters. The summed E-state index contributed by atoms with van der Waals surface area (Å²) in [5.74, 6) is 0.852. The normalized spacial score (nSPS) is 19.6. The van der Waals surface area contributed by atoms with E-state index in [1.807, 2.05) is 0 Å². The number of aliphatic hydroxyl groups excluding tert-OH is 1. The van der Waals surface area contributed by atoms with E-state index in [4.69, 9.17) is 4.74 Å². The molecule has 1 aliphatic carbocycles. The van der Waals surface area contributed by atoms with Crippen molar-refractivity contribution in [1.82, 2.24) is 24.9 Å². The van der Waals surface area contributed by atoms with Crippen LogP contribution in [0, 0.1) is 5.92 Å². The molecule has 11 heteroatoms. The first-order valence-corrected chi connectivity index (χ1v) is 11.1. The number of amides is 1. The first-order chi connectivity index (χ1) is 14.4. The van der Waals surface area contributed by atoms with Crippen LogP contribution in [0.2, 0.25) is 0 Å². The summed E-state index contributed by atoms with van der Waals surface area (Å²) in [5, 5.41) is 12.1. The molecule has 4 rings (SSSR count). The Morgan fingerprint density at radius 2 is 2.00 bits per heavy atom. The highest BCUT2D eigenvalue weighted by Crippen LogP contribution is 2.30. The smallest absolute Gasteiger partial charge is 0.241 e. The average molecular weight is 433 g/mol. The van der Waals surface area contributed by atoms with Gasteiger partial charge in [-0.2, -0.15) is 0 Å². The topological polar surface area (TPSA) is 134 Å². The molecule has 2 aliphatic rings. The van der Waals surface area contributed by atoms with Gasteiger partial charge in [-0.05, 0) is 30.9 Å². The second-order valence-corrected chi connectivity index (χ2v) is 9.17. The third-order valence-electron chi connectivity index (χ3n) is 4.85. The van der Waals surface area contributed by atoms with Crippen LogP contribution in [0.15, 0.2) is 41.6 Å². The van der Waals surface area contributed by atoms with E-state index in [0.29, 0.717) is 29.7 Å². The molecule has 0 radical (unpaired) electrons. The van der Waals surface area contributed by atoms with E-state index >= 15 is 0 Å². The summed E-state index contributed by atoms with van der Waals surface area (Å²) in [4.78, 5) is 21.3. The number of aromatic nitrogens is 2. The van der Waals surface area contributed by atoms with E-state index in [-0.39, 0.29) is 30.4 Å². The Bertz CT molecular complexity index is 1010. The van der Waals surface area contributed by atoms with Gasteiger partial charge in [-0.3, -0.25) is 14.8 Å². The monoisotopic (exact) mass is 433 g/mol. The summed E-state index contributed by atoms with van der Waals surface area (Å²) >= 11 is 0. The number of carbonyl (C=O) groups excluding carboxylic acids is 1. The van der Waals surface area contributed by atoms with E-state index in [2.05, 4.69) is 20.0 Å². The maximum absolute atomic E-state index is 12.6. The van der Waals surface area contributed by atoms with Crippen molar-refractivity contribution >= 4 is 15.9 Å². The predicted molar refractivity (Wildman–Crippen MR) is 105 cm³/mol. The van der Waals surface area contributed by atoms with E-state index in [1.165, 1.54) is 29.4 Å². The average Bonchev–Trinajstić information content (AvgIpc) is 3.50. The Hall–Kier alpha value is -2.60. The SMILES string of the molecule is O=C1CN(Cc2cnc(CNS(=O)(=O)c3cccc(OCC4CC4)c3)cn2)C(O)N1. The lowest BCUT2D eigenvalue weighted by atomic mass is 10.3. The Balaban J connectivity index is 1.33. The van der Waals surface area contributed by atoms with Crippen molar-refractivity contribution in [2.24, 2.45) is 5.92 Å². The highest BCUT2D eigenvalue weighted by atomic mass is 32.2. The van der Waals surface area contributed by atoms with Gasteiger partial charge in [0.05, 0.1) is 48.4 Å². The summed E-state index contributed by atoms with van der Waals surface area (Å²) in [5.41, 5.74) is 0.998. The lowest BCUT2D eigenvalue weighted by Gasteiger charge is -2.17. The van der Waals surface area contributed by atoms with E-state index in [1.54, 1.807) is 12.1 Å². The van der Waals surface area contributed by atoms with Gasteiger partial charge in [0.15, 0.2) is 6.35 Å². The number of hydrogen-bond donors (Lipinski definition) is 3. The standard InChI is InChI=1S/C19H23N5O5S/c25-18-11-24(19(26)23-18)10-15-8-20-14(7-21-15)9-22-30(27,28)17-3-1-2-16(6-17)29-12-13-4-5-13/h1-3,6-8,13,19,22,26H,4-5,9-12H2,(H,23,25). The van der Waals surface area contributed by atoms with Crippen molar-refractivity contribution in [1.29, 1.82) is 0 Å². The second kappa shape index (κ2) is 8.64. The van der Waals surface area contributed by atoms with E-state index in [9.17, 15) is 18.3 Å². The largest absolute Gasteiger partial charge is 0.493 e. The molecule has 1 saturated carbocycles. The number of aliphatic hydroxyl groups is 1. The third-order valence-corrected chi connectivity index (χ3v) is 6.25. The van der Waals surface area contributed by atoms with Crippen LogP contribution in [0.25, 0.3) is 0 Å². The zero-order valence-corrected chi connectivity index (χ0v) is 17.0. The molecule has 0 bridgehead atoms. The molecule has 1 aromatic heterocycles. The van der Waals surface area contributed by atoms with Crippen molar-refractivity contribution in [3.63, 3.8) is 0 Å². The quantitative estimate of drug-likeness (QED) is 0.501. The molecular formula is C19H23N5O5S. The molecule has 3 N–H and O–H groups in total. The van der Waals surface area contributed by atoms with Crippen molar-refractivity contribution < 1.29 is 23.1 Å². The number of carbonyl (C=O) groups is 1. The van der Waals surface area contributed by atoms with Gasteiger partial charge < -0.3 is 15.2 Å². The zero-order chi connectivity index (χ0) is 21.1. The summed E-state index contributed by atoms with van der Waals surface area (Å²) in [6.07, 6.45) is 4.23. The van der Waals surface area contributed by atoms with Crippen LogP contribution >= 0.6 is 0 Å². The third kappa shape index (κ3) is 5.30. The van der Waals surface area contributed by atoms with Crippen LogP contribution in [0.1, 0.15) is 24.2 Å². The molecule has 160 valence electrons. The fourth-order valence-corrected chi connectivity index (χ4v) is 3.97. The first-order valence-electron chi connectivity index (χ1n) is 9.63. The molecule has 2 heterocycles. The highest BCUT2D eigenvalue weighted by Gasteiger charge is 2.28. The number of sulfonamides is 1. The molecule has 30 heavy (non-hydrogen) atoms. The lowest BCUT2D eigenvalue weighted by molar-refractivity contribution is -0.119. The van der Waals surface area contributed by atoms with Crippen LogP contribution in [-0.4, -0.2) is 53.8 Å². The minimum absolute atomic E-state index is 0.0187. The molecule has 2 aromatic rings. The molecule has 1 aliphatic heterocycles. The Labute approximate surface area is 174 Å². The summed E-state index contributed by atoms with van der Waals surface area (Å²) in [6.45, 7) is 0.910. The molecule has 2 fully saturated rings. The molecular weight excluding hydrogens is 410 g/mol. The predicted octanol–water partition coefficient (Wildman–Crippen LogP) is -0.0484. The molecule has 0 spiro atoms. The minimum atomic E-state index is -3.73. The maximum atomic E-state index is 12.6. The molecule has 10 nitrogen and oxygen atoms in total. The van der Waals surface area contributed by atoms with Gasteiger partial charge in [-0.25, -0.2) is 18.0 Å². The van der Waals surface area contributed by atoms with Gasteiger partial charge in [0, 0.05) is 12.6 Å².